The van der Waals surface area contributed by atoms with Crippen LogP contribution in [-0.4, -0.2) is 30.2 Å². The molecule has 8 heteroatoms. The lowest BCUT2D eigenvalue weighted by atomic mass is 10.1. The van der Waals surface area contributed by atoms with Gasteiger partial charge in [0.15, 0.2) is 11.5 Å². The number of amides is 2. The Balaban J connectivity index is 1.97. The molecule has 2 aromatic carbocycles. The number of benzene rings is 2. The van der Waals surface area contributed by atoms with Gasteiger partial charge in [-0.15, -0.1) is 0 Å². The molecule has 1 atom stereocenters. The van der Waals surface area contributed by atoms with Gasteiger partial charge in [-0.1, -0.05) is 18.2 Å². The van der Waals surface area contributed by atoms with Crippen molar-refractivity contribution in [3.63, 3.8) is 0 Å². The monoisotopic (exact) mass is 419 g/mol. The van der Waals surface area contributed by atoms with Crippen molar-refractivity contribution < 1.29 is 19.4 Å². The third-order valence-corrected chi connectivity index (χ3v) is 4.24. The molecule has 0 aromatic heterocycles. The van der Waals surface area contributed by atoms with Crippen LogP contribution in [0.4, 0.5) is 5.69 Å². The molecular weight excluding hydrogens is 402 g/mol. The predicted molar refractivity (Wildman–Crippen MR) is 102 cm³/mol. The van der Waals surface area contributed by atoms with Crippen LogP contribution < -0.4 is 15.5 Å². The van der Waals surface area contributed by atoms with Crippen molar-refractivity contribution in [2.75, 3.05) is 12.4 Å². The standard InChI is InChI=1S/C18H18BrN3O4/c1-11(17(24)21-14-8-4-3-7-13(14)19)18(25)22-20-10-12-6-5-9-15(26-2)16(12)23/h3-11,23H,1-2H3,(H,21,24)(H,22,25)/b20-10+. The number of nitrogens with one attached hydrogen (secondary N) is 2. The fourth-order valence-electron chi connectivity index (χ4n) is 1.99. The van der Waals surface area contributed by atoms with Crippen molar-refractivity contribution in [2.45, 2.75) is 6.92 Å². The molecule has 0 aliphatic carbocycles. The van der Waals surface area contributed by atoms with Gasteiger partial charge < -0.3 is 15.2 Å². The summed E-state index contributed by atoms with van der Waals surface area (Å²) in [6, 6.07) is 12.0. The van der Waals surface area contributed by atoms with Gasteiger partial charge in [0, 0.05) is 10.0 Å². The van der Waals surface area contributed by atoms with Crippen LogP contribution >= 0.6 is 15.9 Å². The predicted octanol–water partition coefficient (Wildman–Crippen LogP) is 2.89. The Hall–Kier alpha value is -2.87. The molecule has 0 bridgehead atoms. The third-order valence-electron chi connectivity index (χ3n) is 3.55. The summed E-state index contributed by atoms with van der Waals surface area (Å²) < 4.78 is 5.71. The Labute approximate surface area is 159 Å². The average molecular weight is 420 g/mol. The lowest BCUT2D eigenvalue weighted by molar-refractivity contribution is -0.131. The number of hydrazone groups is 1. The molecule has 2 rings (SSSR count). The fraction of sp³-hybridized carbons (Fsp3) is 0.167. The molecule has 0 radical (unpaired) electrons. The average Bonchev–Trinajstić information content (AvgIpc) is 2.64. The van der Waals surface area contributed by atoms with Crippen LogP contribution in [0.5, 0.6) is 11.5 Å². The molecule has 0 saturated heterocycles. The largest absolute Gasteiger partial charge is 0.504 e. The number of nitrogens with zero attached hydrogens (tertiary/aromatic N) is 1. The second-order valence-corrected chi connectivity index (χ2v) is 6.18. The molecule has 0 aliphatic rings. The van der Waals surface area contributed by atoms with E-state index in [4.69, 9.17) is 4.74 Å². The number of rotatable bonds is 6. The number of halogens is 1. The lowest BCUT2D eigenvalue weighted by Crippen LogP contribution is -2.34. The van der Waals surface area contributed by atoms with Gasteiger partial charge in [-0.25, -0.2) is 5.43 Å². The van der Waals surface area contributed by atoms with Gasteiger partial charge >= 0.3 is 0 Å². The molecule has 1 unspecified atom stereocenters. The van der Waals surface area contributed by atoms with E-state index in [0.29, 0.717) is 21.5 Å². The number of ether oxygens (including phenoxy) is 1. The maximum absolute atomic E-state index is 12.2. The van der Waals surface area contributed by atoms with Crippen molar-refractivity contribution >= 4 is 39.6 Å². The highest BCUT2D eigenvalue weighted by Crippen LogP contribution is 2.28. The summed E-state index contributed by atoms with van der Waals surface area (Å²) in [7, 11) is 1.43. The van der Waals surface area contributed by atoms with E-state index in [1.54, 1.807) is 36.4 Å². The van der Waals surface area contributed by atoms with Gasteiger partial charge in [0.05, 0.1) is 19.0 Å². The first-order valence-corrected chi connectivity index (χ1v) is 8.47. The summed E-state index contributed by atoms with van der Waals surface area (Å²) in [6.07, 6.45) is 1.27. The fourth-order valence-corrected chi connectivity index (χ4v) is 2.38. The molecule has 136 valence electrons. The summed E-state index contributed by atoms with van der Waals surface area (Å²) >= 11 is 3.32. The molecule has 2 aromatic rings. The first-order chi connectivity index (χ1) is 12.4. The van der Waals surface area contributed by atoms with Gasteiger partial charge in [0.1, 0.15) is 5.92 Å². The van der Waals surface area contributed by atoms with Crippen LogP contribution in [0.3, 0.4) is 0 Å². The first-order valence-electron chi connectivity index (χ1n) is 7.68. The van der Waals surface area contributed by atoms with Crippen LogP contribution in [-0.2, 0) is 9.59 Å². The van der Waals surface area contributed by atoms with Gasteiger partial charge in [-0.3, -0.25) is 9.59 Å². The Morgan fingerprint density at radius 2 is 1.92 bits per heavy atom. The number of carbonyl (C=O) groups excluding carboxylic acids is 2. The topological polar surface area (TPSA) is 100 Å². The number of anilines is 1. The molecule has 0 fully saturated rings. The van der Waals surface area contributed by atoms with Crippen LogP contribution in [0.2, 0.25) is 0 Å². The zero-order chi connectivity index (χ0) is 19.1. The maximum Gasteiger partial charge on any atom is 0.252 e. The highest BCUT2D eigenvalue weighted by atomic mass is 79.9. The zero-order valence-corrected chi connectivity index (χ0v) is 15.8. The minimum absolute atomic E-state index is 0.0901. The van der Waals surface area contributed by atoms with Gasteiger partial charge in [-0.05, 0) is 47.1 Å². The minimum atomic E-state index is -0.960. The summed E-state index contributed by atoms with van der Waals surface area (Å²) in [5.41, 5.74) is 3.22. The second-order valence-electron chi connectivity index (χ2n) is 5.32. The molecule has 0 spiro atoms. The summed E-state index contributed by atoms with van der Waals surface area (Å²) in [4.78, 5) is 24.2. The number of hydrogen-bond acceptors (Lipinski definition) is 5. The van der Waals surface area contributed by atoms with E-state index in [0.717, 1.165) is 0 Å². The molecule has 26 heavy (non-hydrogen) atoms. The van der Waals surface area contributed by atoms with Gasteiger partial charge in [0.25, 0.3) is 5.91 Å². The number of para-hydroxylation sites is 2. The summed E-state index contributed by atoms with van der Waals surface area (Å²) in [5.74, 6) is -1.80. The smallest absolute Gasteiger partial charge is 0.252 e. The summed E-state index contributed by atoms with van der Waals surface area (Å²) in [6.45, 7) is 1.47. The minimum Gasteiger partial charge on any atom is -0.504 e. The Kier molecular flexibility index (Phi) is 6.74. The lowest BCUT2D eigenvalue weighted by Gasteiger charge is -2.11. The number of hydrogen-bond donors (Lipinski definition) is 3. The van der Waals surface area contributed by atoms with Crippen molar-refractivity contribution in [1.82, 2.24) is 5.43 Å². The molecule has 7 nitrogen and oxygen atoms in total. The number of phenols is 1. The first kappa shape index (κ1) is 19.5. The van der Waals surface area contributed by atoms with Crippen molar-refractivity contribution in [1.29, 1.82) is 0 Å². The number of carbonyl (C=O) groups is 2. The zero-order valence-electron chi connectivity index (χ0n) is 14.2. The van der Waals surface area contributed by atoms with Crippen LogP contribution in [0.15, 0.2) is 52.0 Å². The molecule has 0 saturated carbocycles. The van der Waals surface area contributed by atoms with E-state index in [2.05, 4.69) is 31.8 Å². The van der Waals surface area contributed by atoms with E-state index < -0.39 is 17.7 Å². The molecule has 2 amide bonds. The molecule has 0 aliphatic heterocycles. The van der Waals surface area contributed by atoms with Crippen LogP contribution in [0, 0.1) is 5.92 Å². The Bertz CT molecular complexity index is 839. The molecular formula is C18H18BrN3O4. The second kappa shape index (κ2) is 9.00. The van der Waals surface area contributed by atoms with Crippen molar-refractivity contribution in [2.24, 2.45) is 11.0 Å². The molecule has 0 heterocycles. The van der Waals surface area contributed by atoms with Crippen LogP contribution in [0.25, 0.3) is 0 Å². The van der Waals surface area contributed by atoms with Crippen molar-refractivity contribution in [3.05, 3.63) is 52.5 Å². The SMILES string of the molecule is COc1cccc(/C=N/NC(=O)C(C)C(=O)Nc2ccccc2Br)c1O. The highest BCUT2D eigenvalue weighted by Gasteiger charge is 2.21. The van der Waals surface area contributed by atoms with Crippen LogP contribution in [0.1, 0.15) is 12.5 Å². The quantitative estimate of drug-likeness (QED) is 0.380. The van der Waals surface area contributed by atoms with E-state index in [9.17, 15) is 14.7 Å². The van der Waals surface area contributed by atoms with Crippen molar-refractivity contribution in [3.8, 4) is 11.5 Å². The normalized spacial score (nSPS) is 11.8. The summed E-state index contributed by atoms with van der Waals surface area (Å²) in [5, 5.41) is 16.4. The molecule has 3 N–H and O–H groups in total. The Morgan fingerprint density at radius 3 is 2.62 bits per heavy atom. The van der Waals surface area contributed by atoms with E-state index in [-0.39, 0.29) is 5.75 Å². The highest BCUT2D eigenvalue weighted by molar-refractivity contribution is 9.10. The van der Waals surface area contributed by atoms with E-state index in [1.165, 1.54) is 20.2 Å². The maximum atomic E-state index is 12.2. The number of aromatic hydroxyl groups is 1. The van der Waals surface area contributed by atoms with Gasteiger partial charge in [0.2, 0.25) is 5.91 Å². The number of methoxy groups -OCH3 is 1. The Morgan fingerprint density at radius 1 is 1.19 bits per heavy atom. The van der Waals surface area contributed by atoms with E-state index in [1.807, 2.05) is 6.07 Å². The number of phenolic OH excluding ortho intramolecular Hbond substituents is 1. The third kappa shape index (κ3) is 4.82. The van der Waals surface area contributed by atoms with Gasteiger partial charge in [-0.2, -0.15) is 5.10 Å². The van der Waals surface area contributed by atoms with E-state index >= 15 is 0 Å².